The molecule has 4 aromatic rings. The predicted octanol–water partition coefficient (Wildman–Crippen LogP) is 6.37. The molecule has 0 spiro atoms. The lowest BCUT2D eigenvalue weighted by atomic mass is 10.1. The van der Waals surface area contributed by atoms with E-state index < -0.39 is 0 Å². The molecular formula is C29H27N3O3S2. The topological polar surface area (TPSA) is 69.8 Å². The molecule has 6 nitrogen and oxygen atoms in total. The van der Waals surface area contributed by atoms with E-state index in [1.54, 1.807) is 30.6 Å². The third-order valence-corrected chi connectivity index (χ3v) is 8.96. The van der Waals surface area contributed by atoms with E-state index in [4.69, 9.17) is 24.9 Å². The van der Waals surface area contributed by atoms with Crippen LogP contribution in [0.15, 0.2) is 92.4 Å². The van der Waals surface area contributed by atoms with Crippen molar-refractivity contribution in [2.75, 3.05) is 44.0 Å². The van der Waals surface area contributed by atoms with Gasteiger partial charge in [-0.2, -0.15) is 0 Å². The molecule has 37 heavy (non-hydrogen) atoms. The van der Waals surface area contributed by atoms with E-state index in [-0.39, 0.29) is 0 Å². The average molecular weight is 530 g/mol. The fourth-order valence-corrected chi connectivity index (χ4v) is 6.82. The Morgan fingerprint density at radius 1 is 0.919 bits per heavy atom. The second kappa shape index (κ2) is 10.6. The molecule has 1 saturated heterocycles. The summed E-state index contributed by atoms with van der Waals surface area (Å²) >= 11 is 3.53. The molecule has 0 unspecified atom stereocenters. The average Bonchev–Trinajstić information content (AvgIpc) is 2.95. The highest BCUT2D eigenvalue weighted by atomic mass is 32.2. The molecule has 0 saturated carbocycles. The first-order valence-corrected chi connectivity index (χ1v) is 13.8. The molecule has 0 atom stereocenters. The third kappa shape index (κ3) is 5.23. The molecule has 1 aromatic heterocycles. The molecule has 188 valence electrons. The zero-order valence-electron chi connectivity index (χ0n) is 20.5. The lowest BCUT2D eigenvalue weighted by Gasteiger charge is -2.29. The number of nitrogens with zero attached hydrogens (tertiary/aromatic N) is 2. The molecule has 3 aromatic carbocycles. The number of methoxy groups -OCH3 is 1. The van der Waals surface area contributed by atoms with Crippen LogP contribution >= 0.6 is 23.5 Å². The molecule has 2 aliphatic rings. The number of pyridine rings is 1. The minimum atomic E-state index is 0.426. The van der Waals surface area contributed by atoms with Crippen molar-refractivity contribution in [2.45, 2.75) is 26.2 Å². The number of rotatable bonds is 6. The molecule has 3 heterocycles. The second-order valence-corrected chi connectivity index (χ2v) is 11.0. The summed E-state index contributed by atoms with van der Waals surface area (Å²) < 4.78 is 17.1. The van der Waals surface area contributed by atoms with Crippen LogP contribution in [0.1, 0.15) is 5.56 Å². The fraction of sp³-hybridized carbons (Fsp3) is 0.207. The molecule has 2 aliphatic heterocycles. The summed E-state index contributed by atoms with van der Waals surface area (Å²) in [4.78, 5) is 12.1. The summed E-state index contributed by atoms with van der Waals surface area (Å²) in [5.41, 5.74) is 11.0. The molecule has 8 heteroatoms. The van der Waals surface area contributed by atoms with Crippen molar-refractivity contribution in [2.24, 2.45) is 0 Å². The number of aromatic nitrogens is 1. The minimum absolute atomic E-state index is 0.426. The van der Waals surface area contributed by atoms with Crippen molar-refractivity contribution < 1.29 is 14.2 Å². The van der Waals surface area contributed by atoms with Crippen LogP contribution in [0, 0.1) is 0 Å². The number of morpholine rings is 1. The summed E-state index contributed by atoms with van der Waals surface area (Å²) in [6, 6.07) is 24.6. The van der Waals surface area contributed by atoms with Crippen molar-refractivity contribution >= 4 is 34.9 Å². The molecule has 6 rings (SSSR count). The summed E-state index contributed by atoms with van der Waals surface area (Å²) in [5, 5.41) is 0. The van der Waals surface area contributed by atoms with Gasteiger partial charge in [0.1, 0.15) is 12.4 Å². The van der Waals surface area contributed by atoms with Crippen molar-refractivity contribution in [3.63, 3.8) is 0 Å². The first kappa shape index (κ1) is 24.0. The Kier molecular flexibility index (Phi) is 6.87. The maximum Gasteiger partial charge on any atom is 0.216 e. The van der Waals surface area contributed by atoms with Gasteiger partial charge >= 0.3 is 0 Å². The van der Waals surface area contributed by atoms with Gasteiger partial charge in [0, 0.05) is 55.7 Å². The summed E-state index contributed by atoms with van der Waals surface area (Å²) in [5.74, 6) is 1.43. The first-order chi connectivity index (χ1) is 18.2. The van der Waals surface area contributed by atoms with Crippen LogP contribution in [-0.2, 0) is 11.3 Å². The van der Waals surface area contributed by atoms with Crippen molar-refractivity contribution in [3.05, 3.63) is 78.4 Å². The van der Waals surface area contributed by atoms with Crippen LogP contribution in [0.3, 0.4) is 0 Å². The number of ether oxygens (including phenoxy) is 3. The largest absolute Gasteiger partial charge is 0.497 e. The zero-order chi connectivity index (χ0) is 25.2. The van der Waals surface area contributed by atoms with Gasteiger partial charge < -0.3 is 24.8 Å². The van der Waals surface area contributed by atoms with E-state index in [1.165, 1.54) is 19.6 Å². The Hall–Kier alpha value is -3.33. The van der Waals surface area contributed by atoms with Crippen LogP contribution in [-0.4, -0.2) is 38.4 Å². The van der Waals surface area contributed by atoms with E-state index in [2.05, 4.69) is 35.2 Å². The van der Waals surface area contributed by atoms with Gasteiger partial charge in [-0.15, -0.1) is 0 Å². The van der Waals surface area contributed by atoms with E-state index >= 15 is 0 Å². The Bertz CT molecular complexity index is 1420. The summed E-state index contributed by atoms with van der Waals surface area (Å²) in [6.45, 7) is 3.54. The number of hydrogen-bond donors (Lipinski definition) is 1. The van der Waals surface area contributed by atoms with Crippen LogP contribution in [0.4, 0.5) is 11.4 Å². The van der Waals surface area contributed by atoms with Gasteiger partial charge in [-0.05, 0) is 48.0 Å². The van der Waals surface area contributed by atoms with Gasteiger partial charge in [0.05, 0.1) is 26.0 Å². The zero-order valence-corrected chi connectivity index (χ0v) is 22.1. The van der Waals surface area contributed by atoms with Gasteiger partial charge in [0.25, 0.3) is 0 Å². The van der Waals surface area contributed by atoms with E-state index in [0.717, 1.165) is 47.0 Å². The highest BCUT2D eigenvalue weighted by Gasteiger charge is 2.23. The maximum atomic E-state index is 6.24. The number of nitrogens with two attached hydrogens (primary N) is 1. The molecule has 1 fully saturated rings. The number of nitrogen functional groups attached to an aromatic ring is 1. The Balaban J connectivity index is 1.35. The van der Waals surface area contributed by atoms with Gasteiger partial charge in [-0.3, -0.25) is 0 Å². The van der Waals surface area contributed by atoms with E-state index in [9.17, 15) is 0 Å². The second-order valence-electron chi connectivity index (χ2n) is 8.83. The molecule has 2 N–H and O–H groups in total. The molecule has 0 amide bonds. The lowest BCUT2D eigenvalue weighted by molar-refractivity contribution is 0.122. The number of benzene rings is 3. The monoisotopic (exact) mass is 529 g/mol. The van der Waals surface area contributed by atoms with Crippen molar-refractivity contribution in [1.29, 1.82) is 0 Å². The van der Waals surface area contributed by atoms with Crippen LogP contribution < -0.4 is 20.1 Å². The van der Waals surface area contributed by atoms with Gasteiger partial charge in [-0.1, -0.05) is 47.8 Å². The number of hydrogen-bond acceptors (Lipinski definition) is 8. The van der Waals surface area contributed by atoms with E-state index in [1.807, 2.05) is 42.5 Å². The normalized spacial score (nSPS) is 14.6. The lowest BCUT2D eigenvalue weighted by Crippen LogP contribution is -2.36. The highest BCUT2D eigenvalue weighted by molar-refractivity contribution is 8.05. The Morgan fingerprint density at radius 2 is 1.76 bits per heavy atom. The number of fused-ring (bicyclic) bond motifs is 2. The molecule has 0 aliphatic carbocycles. The van der Waals surface area contributed by atoms with Crippen molar-refractivity contribution in [1.82, 2.24) is 4.98 Å². The van der Waals surface area contributed by atoms with Crippen molar-refractivity contribution in [3.8, 4) is 22.9 Å². The minimum Gasteiger partial charge on any atom is -0.497 e. The van der Waals surface area contributed by atoms with E-state index in [0.29, 0.717) is 25.7 Å². The maximum absolute atomic E-state index is 6.24. The molecular weight excluding hydrogens is 502 g/mol. The molecule has 0 radical (unpaired) electrons. The van der Waals surface area contributed by atoms with Crippen LogP contribution in [0.5, 0.6) is 11.6 Å². The van der Waals surface area contributed by atoms with Gasteiger partial charge in [0.2, 0.25) is 5.88 Å². The Morgan fingerprint density at radius 3 is 2.57 bits per heavy atom. The van der Waals surface area contributed by atoms with Gasteiger partial charge in [0.15, 0.2) is 0 Å². The summed E-state index contributed by atoms with van der Waals surface area (Å²) in [6.07, 6.45) is 0. The Labute approximate surface area is 225 Å². The molecule has 0 bridgehead atoms. The number of anilines is 2. The first-order valence-electron chi connectivity index (χ1n) is 12.2. The van der Waals surface area contributed by atoms with Crippen LogP contribution in [0.25, 0.3) is 11.3 Å². The fourth-order valence-electron chi connectivity index (χ4n) is 4.41. The SMILES string of the molecule is COc1ccc(COc2cc(N3CCOCC3)cc(-c3cccc4c3Sc3ccc(N)cc3S4)n2)cc1. The standard InChI is InChI=1S/C29H27N3O3S2/c1-33-22-8-5-19(6-9-22)18-35-28-17-21(32-11-13-34-14-12-32)16-24(31-28)23-3-2-4-26-29(23)37-25-10-7-20(30)15-27(25)36-26/h2-10,15-17H,11-14,18,30H2,1H3. The predicted molar refractivity (Wildman–Crippen MR) is 149 cm³/mol. The highest BCUT2D eigenvalue weighted by Crippen LogP contribution is 2.52. The quantitative estimate of drug-likeness (QED) is 0.255. The van der Waals surface area contributed by atoms with Gasteiger partial charge in [-0.25, -0.2) is 4.98 Å². The summed E-state index contributed by atoms with van der Waals surface area (Å²) in [7, 11) is 1.67. The third-order valence-electron chi connectivity index (χ3n) is 6.36. The van der Waals surface area contributed by atoms with Crippen LogP contribution in [0.2, 0.25) is 0 Å². The smallest absolute Gasteiger partial charge is 0.216 e.